The Morgan fingerprint density at radius 1 is 1.56 bits per heavy atom. The summed E-state index contributed by atoms with van der Waals surface area (Å²) in [6.07, 6.45) is -0.202. The van der Waals surface area contributed by atoms with Crippen molar-refractivity contribution in [1.82, 2.24) is 0 Å². The maximum Gasteiger partial charge on any atom is 0.106 e. The molecule has 0 fully saturated rings. The van der Waals surface area contributed by atoms with Gasteiger partial charge in [0.15, 0.2) is 0 Å². The van der Waals surface area contributed by atoms with Crippen LogP contribution in [0.25, 0.3) is 0 Å². The highest BCUT2D eigenvalue weighted by Gasteiger charge is 2.25. The van der Waals surface area contributed by atoms with E-state index in [1.54, 1.807) is 0 Å². The second kappa shape index (κ2) is 3.16. The number of nitrogens with two attached hydrogens (primary N) is 1. The molecule has 0 spiro atoms. The molecule has 0 saturated carbocycles. The van der Waals surface area contributed by atoms with Crippen LogP contribution in [0.2, 0.25) is 0 Å². The lowest BCUT2D eigenvalue weighted by molar-refractivity contribution is 0.146. The average molecular weight is 133 g/mol. The zero-order chi connectivity index (χ0) is 7.49. The SMILES string of the molecule is CCC(F)C(C)(C)CN. The summed E-state index contributed by atoms with van der Waals surface area (Å²) in [6.45, 7) is 5.95. The van der Waals surface area contributed by atoms with Crippen molar-refractivity contribution in [2.24, 2.45) is 11.1 Å². The molecule has 2 N–H and O–H groups in total. The molecule has 0 aliphatic carbocycles. The van der Waals surface area contributed by atoms with Crippen LogP contribution in [0.3, 0.4) is 0 Å². The number of hydrogen-bond acceptors (Lipinski definition) is 1. The molecule has 1 atom stereocenters. The molecule has 0 saturated heterocycles. The molecule has 1 nitrogen and oxygen atoms in total. The summed E-state index contributed by atoms with van der Waals surface area (Å²) >= 11 is 0. The van der Waals surface area contributed by atoms with Crippen molar-refractivity contribution in [2.75, 3.05) is 6.54 Å². The van der Waals surface area contributed by atoms with E-state index in [1.165, 1.54) is 0 Å². The number of hydrogen-bond donors (Lipinski definition) is 1. The molecular formula is C7H16FN. The van der Waals surface area contributed by atoms with Gasteiger partial charge in [-0.1, -0.05) is 20.8 Å². The molecule has 0 aromatic rings. The van der Waals surface area contributed by atoms with Crippen molar-refractivity contribution in [3.8, 4) is 0 Å². The van der Waals surface area contributed by atoms with Crippen molar-refractivity contribution in [3.63, 3.8) is 0 Å². The topological polar surface area (TPSA) is 26.0 Å². The number of halogens is 1. The van der Waals surface area contributed by atoms with Gasteiger partial charge in [0.1, 0.15) is 6.17 Å². The van der Waals surface area contributed by atoms with Crippen molar-refractivity contribution in [3.05, 3.63) is 0 Å². The standard InChI is InChI=1S/C7H16FN/c1-4-6(8)7(2,3)5-9/h6H,4-5,9H2,1-3H3. The first kappa shape index (κ1) is 8.89. The Morgan fingerprint density at radius 3 is 2.11 bits per heavy atom. The van der Waals surface area contributed by atoms with Crippen LogP contribution < -0.4 is 5.73 Å². The van der Waals surface area contributed by atoms with E-state index in [0.717, 1.165) is 0 Å². The van der Waals surface area contributed by atoms with Crippen LogP contribution >= 0.6 is 0 Å². The van der Waals surface area contributed by atoms with Gasteiger partial charge >= 0.3 is 0 Å². The Bertz CT molecular complexity index is 81.0. The summed E-state index contributed by atoms with van der Waals surface area (Å²) in [6, 6.07) is 0. The first-order valence-corrected chi connectivity index (χ1v) is 3.38. The lowest BCUT2D eigenvalue weighted by atomic mass is 9.86. The maximum absolute atomic E-state index is 12.8. The minimum Gasteiger partial charge on any atom is -0.330 e. The predicted octanol–water partition coefficient (Wildman–Crippen LogP) is 1.72. The maximum atomic E-state index is 12.8. The van der Waals surface area contributed by atoms with Crippen molar-refractivity contribution in [2.45, 2.75) is 33.4 Å². The highest BCUT2D eigenvalue weighted by Crippen LogP contribution is 2.23. The minimum atomic E-state index is -0.762. The van der Waals surface area contributed by atoms with Crippen LogP contribution in [0.4, 0.5) is 4.39 Å². The van der Waals surface area contributed by atoms with Crippen molar-refractivity contribution in [1.29, 1.82) is 0 Å². The van der Waals surface area contributed by atoms with Crippen molar-refractivity contribution >= 4 is 0 Å². The molecule has 1 unspecified atom stereocenters. The van der Waals surface area contributed by atoms with E-state index in [9.17, 15) is 4.39 Å². The third-order valence-electron chi connectivity index (χ3n) is 1.73. The molecule has 0 amide bonds. The predicted molar refractivity (Wildman–Crippen MR) is 38.0 cm³/mol. The Morgan fingerprint density at radius 2 is 2.00 bits per heavy atom. The summed E-state index contributed by atoms with van der Waals surface area (Å²) in [5, 5.41) is 0. The molecule has 2 heteroatoms. The van der Waals surface area contributed by atoms with E-state index < -0.39 is 6.17 Å². The van der Waals surface area contributed by atoms with Gasteiger partial charge in [-0.2, -0.15) is 0 Å². The molecule has 0 bridgehead atoms. The fourth-order valence-electron chi connectivity index (χ4n) is 0.680. The average Bonchev–Trinajstić information content (AvgIpc) is 1.86. The summed E-state index contributed by atoms with van der Waals surface area (Å²) in [4.78, 5) is 0. The Balaban J connectivity index is 3.80. The summed E-state index contributed by atoms with van der Waals surface area (Å²) in [5.41, 5.74) is 5.00. The van der Waals surface area contributed by atoms with Crippen LogP contribution in [-0.2, 0) is 0 Å². The van der Waals surface area contributed by atoms with E-state index >= 15 is 0 Å². The van der Waals surface area contributed by atoms with Crippen LogP contribution in [-0.4, -0.2) is 12.7 Å². The summed E-state index contributed by atoms with van der Waals surface area (Å²) in [7, 11) is 0. The fraction of sp³-hybridized carbons (Fsp3) is 1.00. The van der Waals surface area contributed by atoms with Gasteiger partial charge in [0, 0.05) is 12.0 Å². The van der Waals surface area contributed by atoms with Crippen LogP contribution in [0.1, 0.15) is 27.2 Å². The first-order chi connectivity index (χ1) is 4.04. The lowest BCUT2D eigenvalue weighted by Crippen LogP contribution is -2.33. The largest absolute Gasteiger partial charge is 0.330 e. The third-order valence-corrected chi connectivity index (χ3v) is 1.73. The first-order valence-electron chi connectivity index (χ1n) is 3.38. The summed E-state index contributed by atoms with van der Waals surface area (Å²) in [5.74, 6) is 0. The zero-order valence-electron chi connectivity index (χ0n) is 6.45. The summed E-state index contributed by atoms with van der Waals surface area (Å²) < 4.78 is 12.8. The molecule has 0 aliphatic heterocycles. The molecule has 9 heavy (non-hydrogen) atoms. The number of rotatable bonds is 3. The third kappa shape index (κ3) is 2.31. The van der Waals surface area contributed by atoms with E-state index in [0.29, 0.717) is 13.0 Å². The highest BCUT2D eigenvalue weighted by atomic mass is 19.1. The van der Waals surface area contributed by atoms with Gasteiger partial charge in [-0.3, -0.25) is 0 Å². The number of alkyl halides is 1. The molecule has 0 heterocycles. The van der Waals surface area contributed by atoms with Crippen LogP contribution in [0.5, 0.6) is 0 Å². The van der Waals surface area contributed by atoms with E-state index in [2.05, 4.69) is 0 Å². The van der Waals surface area contributed by atoms with Gasteiger partial charge in [0.25, 0.3) is 0 Å². The lowest BCUT2D eigenvalue weighted by Gasteiger charge is -2.25. The normalized spacial score (nSPS) is 15.7. The Kier molecular flexibility index (Phi) is 3.12. The van der Waals surface area contributed by atoms with E-state index in [-0.39, 0.29) is 5.41 Å². The van der Waals surface area contributed by atoms with Crippen LogP contribution in [0.15, 0.2) is 0 Å². The molecular weight excluding hydrogens is 117 g/mol. The van der Waals surface area contributed by atoms with E-state index in [4.69, 9.17) is 5.73 Å². The van der Waals surface area contributed by atoms with Crippen LogP contribution in [0, 0.1) is 5.41 Å². The highest BCUT2D eigenvalue weighted by molar-refractivity contribution is 4.77. The smallest absolute Gasteiger partial charge is 0.106 e. The van der Waals surface area contributed by atoms with Gasteiger partial charge in [-0.05, 0) is 6.42 Å². The fourth-order valence-corrected chi connectivity index (χ4v) is 0.680. The Hall–Kier alpha value is -0.110. The van der Waals surface area contributed by atoms with Gasteiger partial charge in [-0.15, -0.1) is 0 Å². The molecule has 0 radical (unpaired) electrons. The Labute approximate surface area is 56.4 Å². The molecule has 56 valence electrons. The molecule has 0 aliphatic rings. The van der Waals surface area contributed by atoms with E-state index in [1.807, 2.05) is 20.8 Å². The van der Waals surface area contributed by atoms with Gasteiger partial charge in [0.05, 0.1) is 0 Å². The van der Waals surface area contributed by atoms with Gasteiger partial charge in [-0.25, -0.2) is 4.39 Å². The molecule has 0 aromatic heterocycles. The van der Waals surface area contributed by atoms with Gasteiger partial charge in [0.2, 0.25) is 0 Å². The second-order valence-electron chi connectivity index (χ2n) is 3.07. The zero-order valence-corrected chi connectivity index (χ0v) is 6.45. The van der Waals surface area contributed by atoms with Gasteiger partial charge < -0.3 is 5.73 Å². The van der Waals surface area contributed by atoms with Crippen molar-refractivity contribution < 1.29 is 4.39 Å². The monoisotopic (exact) mass is 133 g/mol. The molecule has 0 rings (SSSR count). The quantitative estimate of drug-likeness (QED) is 0.623. The minimum absolute atomic E-state index is 0.339. The second-order valence-corrected chi connectivity index (χ2v) is 3.07. The molecule has 0 aromatic carbocycles.